The number of fused-ring (bicyclic) bond motifs is 5. The Bertz CT molecular complexity index is 2730. The van der Waals surface area contributed by atoms with Gasteiger partial charge in [0.1, 0.15) is 11.2 Å². The molecule has 0 amide bonds. The van der Waals surface area contributed by atoms with Gasteiger partial charge in [-0.25, -0.2) is 0 Å². The lowest BCUT2D eigenvalue weighted by molar-refractivity contribution is 0.669. The Morgan fingerprint density at radius 2 is 0.978 bits per heavy atom. The van der Waals surface area contributed by atoms with Gasteiger partial charge in [-0.1, -0.05) is 145 Å². The fourth-order valence-corrected chi connectivity index (χ4v) is 6.80. The van der Waals surface area contributed by atoms with Gasteiger partial charge >= 0.3 is 0 Å². The monoisotopic (exact) mass is 577 g/mol. The molecule has 1 nitrogen and oxygen atoms in total. The summed E-state index contributed by atoms with van der Waals surface area (Å²) < 4.78 is 47.9. The lowest BCUT2D eigenvalue weighted by Gasteiger charge is -2.18. The first-order valence-electron chi connectivity index (χ1n) is 17.5. The summed E-state index contributed by atoms with van der Waals surface area (Å²) in [5.41, 5.74) is 8.78. The molecule has 0 aliphatic carbocycles. The first kappa shape index (κ1) is 20.9. The first-order valence-corrected chi connectivity index (χ1v) is 15.0. The summed E-state index contributed by atoms with van der Waals surface area (Å²) >= 11 is 0. The van der Waals surface area contributed by atoms with Crippen molar-refractivity contribution in [2.75, 3.05) is 0 Å². The molecule has 0 radical (unpaired) electrons. The summed E-state index contributed by atoms with van der Waals surface area (Å²) in [6.07, 6.45) is 0. The van der Waals surface area contributed by atoms with Gasteiger partial charge in [-0.05, 0) is 90.3 Å². The maximum atomic E-state index is 8.52. The minimum absolute atomic E-state index is 0.155. The van der Waals surface area contributed by atoms with Crippen molar-refractivity contribution in [3.05, 3.63) is 170 Å². The van der Waals surface area contributed by atoms with Gasteiger partial charge in [0.2, 0.25) is 0 Å². The number of hydrogen-bond donors (Lipinski definition) is 0. The molecule has 0 N–H and O–H groups in total. The van der Waals surface area contributed by atoms with Crippen molar-refractivity contribution < 1.29 is 11.3 Å². The fourth-order valence-electron chi connectivity index (χ4n) is 6.80. The molecule has 9 rings (SSSR count). The summed E-state index contributed by atoms with van der Waals surface area (Å²) in [5.74, 6) is 0. The zero-order valence-corrected chi connectivity index (χ0v) is 24.2. The third-order valence-electron chi connectivity index (χ3n) is 8.74. The van der Waals surface area contributed by atoms with E-state index in [1.807, 2.05) is 30.3 Å². The Labute approximate surface area is 268 Å². The van der Waals surface area contributed by atoms with Crippen molar-refractivity contribution in [1.29, 1.82) is 0 Å². The van der Waals surface area contributed by atoms with Crippen molar-refractivity contribution in [3.8, 4) is 44.5 Å². The summed E-state index contributed by atoms with van der Waals surface area (Å²) in [4.78, 5) is 0. The van der Waals surface area contributed by atoms with Crippen LogP contribution in [0.4, 0.5) is 0 Å². The van der Waals surface area contributed by atoms with Gasteiger partial charge in [0, 0.05) is 10.8 Å². The highest BCUT2D eigenvalue weighted by atomic mass is 16.3. The Kier molecular flexibility index (Phi) is 4.81. The Morgan fingerprint density at radius 1 is 0.378 bits per heavy atom. The van der Waals surface area contributed by atoms with E-state index in [2.05, 4.69) is 103 Å². The molecular weight excluding hydrogens is 544 g/mol. The normalized spacial score (nSPS) is 13.1. The van der Waals surface area contributed by atoms with Crippen LogP contribution in [0.5, 0.6) is 0 Å². The minimum Gasteiger partial charge on any atom is -0.456 e. The van der Waals surface area contributed by atoms with E-state index in [-0.39, 0.29) is 29.7 Å². The molecule has 8 aromatic carbocycles. The third-order valence-corrected chi connectivity index (χ3v) is 8.74. The average Bonchev–Trinajstić information content (AvgIpc) is 3.54. The molecule has 45 heavy (non-hydrogen) atoms. The zero-order chi connectivity index (χ0) is 34.1. The maximum Gasteiger partial charge on any atom is 0.136 e. The van der Waals surface area contributed by atoms with Crippen LogP contribution >= 0.6 is 0 Å². The van der Waals surface area contributed by atoms with Crippen LogP contribution in [-0.2, 0) is 0 Å². The summed E-state index contributed by atoms with van der Waals surface area (Å²) in [6, 6.07) is 46.4. The van der Waals surface area contributed by atoms with Crippen molar-refractivity contribution in [3.63, 3.8) is 0 Å². The molecule has 0 atom stereocenters. The molecule has 0 unspecified atom stereocenters. The second kappa shape index (κ2) is 10.4. The molecule has 0 spiro atoms. The third kappa shape index (κ3) is 4.17. The fraction of sp³-hybridized carbons (Fsp3) is 0. The Balaban J connectivity index is 1.30. The highest BCUT2D eigenvalue weighted by Gasteiger charge is 2.20. The van der Waals surface area contributed by atoms with Gasteiger partial charge in [0.25, 0.3) is 0 Å². The van der Waals surface area contributed by atoms with Gasteiger partial charge in [-0.2, -0.15) is 0 Å². The van der Waals surface area contributed by atoms with Crippen LogP contribution in [0.2, 0.25) is 0 Å². The van der Waals surface area contributed by atoms with Gasteiger partial charge in [-0.15, -0.1) is 0 Å². The van der Waals surface area contributed by atoms with E-state index in [1.165, 1.54) is 11.1 Å². The van der Waals surface area contributed by atoms with Crippen LogP contribution in [0.1, 0.15) is 6.85 Å². The lowest BCUT2D eigenvalue weighted by Crippen LogP contribution is -1.91. The number of hydrogen-bond acceptors (Lipinski definition) is 1. The standard InChI is InChI=1S/C44H28O/c1-3-13-29(14-4-1)31-17-11-18-33(27-31)42-34-19-7-9-21-36(34)43(37-22-10-8-20-35(37)42)39-23-12-24-40-44(39)38-26-25-32(28-41(38)45-40)30-15-5-2-6-16-30/h1-28H/i2D,5D,6D,15D,16D. The van der Waals surface area contributed by atoms with Crippen LogP contribution in [0.15, 0.2) is 174 Å². The molecule has 0 saturated carbocycles. The van der Waals surface area contributed by atoms with E-state index in [1.54, 1.807) is 6.07 Å². The van der Waals surface area contributed by atoms with Gasteiger partial charge in [0.05, 0.1) is 6.85 Å². The number of furan rings is 1. The molecule has 1 heterocycles. The topological polar surface area (TPSA) is 13.1 Å². The summed E-state index contributed by atoms with van der Waals surface area (Å²) in [5, 5.41) is 6.41. The lowest BCUT2D eigenvalue weighted by atomic mass is 9.84. The quantitative estimate of drug-likeness (QED) is 0.190. The molecule has 0 aliphatic heterocycles. The second-order valence-corrected chi connectivity index (χ2v) is 11.3. The van der Waals surface area contributed by atoms with Crippen LogP contribution < -0.4 is 0 Å². The largest absolute Gasteiger partial charge is 0.456 e. The smallest absolute Gasteiger partial charge is 0.136 e. The van der Waals surface area contributed by atoms with E-state index >= 15 is 0 Å². The number of rotatable bonds is 4. The predicted molar refractivity (Wildman–Crippen MR) is 190 cm³/mol. The molecule has 0 fully saturated rings. The van der Waals surface area contributed by atoms with Crippen LogP contribution in [0.3, 0.4) is 0 Å². The van der Waals surface area contributed by atoms with E-state index in [0.29, 0.717) is 16.7 Å². The molecule has 0 aliphatic rings. The molecule has 9 aromatic rings. The summed E-state index contributed by atoms with van der Waals surface area (Å²) in [6.45, 7) is 0. The predicted octanol–water partition coefficient (Wildman–Crippen LogP) is 12.6. The van der Waals surface area contributed by atoms with Gasteiger partial charge in [0.15, 0.2) is 0 Å². The van der Waals surface area contributed by atoms with E-state index in [0.717, 1.165) is 54.6 Å². The molecular formula is C44H28O. The molecule has 0 saturated heterocycles. The van der Waals surface area contributed by atoms with Crippen molar-refractivity contribution >= 4 is 43.5 Å². The highest BCUT2D eigenvalue weighted by molar-refractivity contribution is 6.25. The van der Waals surface area contributed by atoms with E-state index in [9.17, 15) is 0 Å². The zero-order valence-electron chi connectivity index (χ0n) is 29.2. The molecule has 0 bridgehead atoms. The van der Waals surface area contributed by atoms with E-state index in [4.69, 9.17) is 11.3 Å². The average molecular weight is 578 g/mol. The van der Waals surface area contributed by atoms with E-state index < -0.39 is 6.04 Å². The maximum absolute atomic E-state index is 8.52. The first-order chi connectivity index (χ1) is 24.4. The molecule has 1 aromatic heterocycles. The van der Waals surface area contributed by atoms with Crippen LogP contribution in [0.25, 0.3) is 88.0 Å². The van der Waals surface area contributed by atoms with Crippen LogP contribution in [0, 0.1) is 0 Å². The molecule has 210 valence electrons. The summed E-state index contributed by atoms with van der Waals surface area (Å²) in [7, 11) is 0. The Morgan fingerprint density at radius 3 is 1.71 bits per heavy atom. The second-order valence-electron chi connectivity index (χ2n) is 11.3. The van der Waals surface area contributed by atoms with Gasteiger partial charge < -0.3 is 4.42 Å². The van der Waals surface area contributed by atoms with Crippen LogP contribution in [-0.4, -0.2) is 0 Å². The van der Waals surface area contributed by atoms with Crippen molar-refractivity contribution in [2.45, 2.75) is 0 Å². The highest BCUT2D eigenvalue weighted by Crippen LogP contribution is 2.47. The number of benzene rings is 8. The SMILES string of the molecule is [2H]c1c([2H])c([2H])c(-c2ccc3c(c2)oc2cccc(-c4c5ccccc5c(-c5cccc(-c6ccccc6)c5)c5ccccc45)c23)c([2H])c1[2H]. The van der Waals surface area contributed by atoms with Crippen molar-refractivity contribution in [2.24, 2.45) is 0 Å². The molecule has 1 heteroatoms. The minimum atomic E-state index is -0.410. The Hall–Kier alpha value is -5.92. The van der Waals surface area contributed by atoms with Gasteiger partial charge in [-0.3, -0.25) is 0 Å². The van der Waals surface area contributed by atoms with Crippen molar-refractivity contribution in [1.82, 2.24) is 0 Å².